The number of nitro benzene ring substituents is 1. The Hall–Kier alpha value is -1.69. The van der Waals surface area contributed by atoms with E-state index in [-0.39, 0.29) is 11.1 Å². The number of thiophene rings is 1. The van der Waals surface area contributed by atoms with Crippen molar-refractivity contribution >= 4 is 32.8 Å². The van der Waals surface area contributed by atoms with Crippen LogP contribution < -0.4 is 5.73 Å². The normalized spacial score (nSPS) is 10.6. The highest BCUT2D eigenvalue weighted by atomic mass is 32.1. The number of hydrogen-bond acceptors (Lipinski definition) is 4. The Balaban J connectivity index is 2.86. The summed E-state index contributed by atoms with van der Waals surface area (Å²) in [7, 11) is 0. The first-order valence-corrected chi connectivity index (χ1v) is 4.59. The summed E-state index contributed by atoms with van der Waals surface area (Å²) in [4.78, 5) is 9.67. The summed E-state index contributed by atoms with van der Waals surface area (Å²) in [6.45, 7) is 0. The lowest BCUT2D eigenvalue weighted by Crippen LogP contribution is -1.93. The van der Waals surface area contributed by atoms with Gasteiger partial charge in [0.1, 0.15) is 0 Å². The van der Waals surface area contributed by atoms with Crippen molar-refractivity contribution in [2.24, 2.45) is 0 Å². The van der Waals surface area contributed by atoms with Crippen LogP contribution in [0, 0.1) is 15.9 Å². The fourth-order valence-electron chi connectivity index (χ4n) is 1.24. The second kappa shape index (κ2) is 2.91. The van der Waals surface area contributed by atoms with Crippen molar-refractivity contribution in [2.45, 2.75) is 0 Å². The summed E-state index contributed by atoms with van der Waals surface area (Å²) < 4.78 is 14.1. The smallest absolute Gasteiger partial charge is 0.305 e. The zero-order valence-corrected chi connectivity index (χ0v) is 7.68. The van der Waals surface area contributed by atoms with E-state index < -0.39 is 16.4 Å². The van der Waals surface area contributed by atoms with Crippen LogP contribution in [0.1, 0.15) is 0 Å². The predicted molar refractivity (Wildman–Crippen MR) is 52.8 cm³/mol. The first-order valence-electron chi connectivity index (χ1n) is 3.71. The Kier molecular flexibility index (Phi) is 1.85. The summed E-state index contributed by atoms with van der Waals surface area (Å²) in [5.41, 5.74) is 5.20. The molecule has 1 aromatic carbocycles. The van der Waals surface area contributed by atoms with Gasteiger partial charge in [0.15, 0.2) is 0 Å². The highest BCUT2D eigenvalue weighted by molar-refractivity contribution is 7.17. The Bertz CT molecular complexity index is 523. The minimum Gasteiger partial charge on any atom is -0.397 e. The molecule has 0 saturated heterocycles. The molecule has 0 atom stereocenters. The molecule has 0 fully saturated rings. The molecule has 0 unspecified atom stereocenters. The van der Waals surface area contributed by atoms with Crippen molar-refractivity contribution < 1.29 is 9.31 Å². The number of anilines is 1. The van der Waals surface area contributed by atoms with Gasteiger partial charge in [0.2, 0.25) is 5.82 Å². The number of benzene rings is 1. The molecular weight excluding hydrogens is 207 g/mol. The highest BCUT2D eigenvalue weighted by Crippen LogP contribution is 2.34. The van der Waals surface area contributed by atoms with Gasteiger partial charge in [0.05, 0.1) is 16.0 Å². The fourth-order valence-corrected chi connectivity index (χ4v) is 2.09. The van der Waals surface area contributed by atoms with Crippen LogP contribution in [-0.4, -0.2) is 4.92 Å². The molecule has 4 nitrogen and oxygen atoms in total. The van der Waals surface area contributed by atoms with Gasteiger partial charge in [-0.2, -0.15) is 4.39 Å². The zero-order valence-electron chi connectivity index (χ0n) is 6.86. The summed E-state index contributed by atoms with van der Waals surface area (Å²) >= 11 is 1.26. The van der Waals surface area contributed by atoms with E-state index in [9.17, 15) is 14.5 Å². The van der Waals surface area contributed by atoms with Gasteiger partial charge in [-0.25, -0.2) is 0 Å². The second-order valence-corrected chi connectivity index (χ2v) is 3.63. The predicted octanol–water partition coefficient (Wildman–Crippen LogP) is 2.53. The molecule has 0 bridgehead atoms. The minimum absolute atomic E-state index is 0.143. The molecular formula is C8H5FN2O2S. The van der Waals surface area contributed by atoms with Crippen LogP contribution in [0.4, 0.5) is 15.8 Å². The average molecular weight is 212 g/mol. The van der Waals surface area contributed by atoms with E-state index in [1.54, 1.807) is 5.38 Å². The lowest BCUT2D eigenvalue weighted by molar-refractivity contribution is -0.387. The van der Waals surface area contributed by atoms with Gasteiger partial charge in [-0.05, 0) is 6.07 Å². The number of halogens is 1. The van der Waals surface area contributed by atoms with Gasteiger partial charge in [0.25, 0.3) is 0 Å². The standard InChI is InChI=1S/C8H5FN2O2S/c9-8-5(11(12)13)1-2-6-7(8)4(10)3-14-6/h1-3H,10H2. The molecule has 72 valence electrons. The molecule has 0 aliphatic heterocycles. The monoisotopic (exact) mass is 212 g/mol. The molecule has 2 rings (SSSR count). The van der Waals surface area contributed by atoms with E-state index in [0.717, 1.165) is 6.07 Å². The van der Waals surface area contributed by atoms with E-state index in [1.165, 1.54) is 17.4 Å². The molecule has 1 aromatic heterocycles. The van der Waals surface area contributed by atoms with Crippen LogP contribution in [0.5, 0.6) is 0 Å². The molecule has 0 spiro atoms. The number of nitrogens with two attached hydrogens (primary N) is 1. The maximum absolute atomic E-state index is 13.5. The number of hydrogen-bond donors (Lipinski definition) is 1. The lowest BCUT2D eigenvalue weighted by atomic mass is 10.2. The minimum atomic E-state index is -0.855. The van der Waals surface area contributed by atoms with Gasteiger partial charge in [-0.15, -0.1) is 11.3 Å². The third kappa shape index (κ3) is 1.12. The number of nitrogen functional groups attached to an aromatic ring is 1. The van der Waals surface area contributed by atoms with E-state index in [0.29, 0.717) is 4.70 Å². The SMILES string of the molecule is Nc1csc2ccc([N+](=O)[O-])c(F)c12. The maximum Gasteiger partial charge on any atom is 0.305 e. The summed E-state index contributed by atoms with van der Waals surface area (Å²) in [6, 6.07) is 2.64. The van der Waals surface area contributed by atoms with Crippen molar-refractivity contribution in [3.05, 3.63) is 33.4 Å². The topological polar surface area (TPSA) is 69.2 Å². The van der Waals surface area contributed by atoms with Crippen molar-refractivity contribution in [2.75, 3.05) is 5.73 Å². The molecule has 2 aromatic rings. The van der Waals surface area contributed by atoms with E-state index in [4.69, 9.17) is 5.73 Å². The van der Waals surface area contributed by atoms with Crippen LogP contribution in [0.15, 0.2) is 17.5 Å². The number of rotatable bonds is 1. The molecule has 2 N–H and O–H groups in total. The molecule has 1 heterocycles. The first-order chi connectivity index (χ1) is 6.61. The summed E-state index contributed by atoms with van der Waals surface area (Å²) in [5, 5.41) is 12.1. The third-order valence-corrected chi connectivity index (χ3v) is 2.85. The zero-order chi connectivity index (χ0) is 10.3. The molecule has 0 aliphatic carbocycles. The average Bonchev–Trinajstić information content (AvgIpc) is 2.48. The van der Waals surface area contributed by atoms with E-state index in [2.05, 4.69) is 0 Å². The highest BCUT2D eigenvalue weighted by Gasteiger charge is 2.19. The van der Waals surface area contributed by atoms with Crippen molar-refractivity contribution in [1.29, 1.82) is 0 Å². The Morgan fingerprint density at radius 2 is 2.21 bits per heavy atom. The van der Waals surface area contributed by atoms with Crippen LogP contribution in [0.25, 0.3) is 10.1 Å². The van der Waals surface area contributed by atoms with E-state index in [1.807, 2.05) is 0 Å². The Morgan fingerprint density at radius 1 is 1.50 bits per heavy atom. The van der Waals surface area contributed by atoms with Crippen LogP contribution in [0.2, 0.25) is 0 Å². The van der Waals surface area contributed by atoms with E-state index >= 15 is 0 Å². The summed E-state index contributed by atoms with van der Waals surface area (Å²) in [5.74, 6) is -0.855. The molecule has 14 heavy (non-hydrogen) atoms. The molecule has 0 aliphatic rings. The second-order valence-electron chi connectivity index (χ2n) is 2.72. The number of nitrogens with zero attached hydrogens (tertiary/aromatic N) is 1. The first kappa shape index (κ1) is 8.89. The van der Waals surface area contributed by atoms with Crippen molar-refractivity contribution in [3.63, 3.8) is 0 Å². The quantitative estimate of drug-likeness (QED) is 0.583. The number of nitro groups is 1. The van der Waals surface area contributed by atoms with Gasteiger partial charge in [-0.3, -0.25) is 10.1 Å². The van der Waals surface area contributed by atoms with Crippen LogP contribution in [-0.2, 0) is 0 Å². The van der Waals surface area contributed by atoms with Gasteiger partial charge < -0.3 is 5.73 Å². The van der Waals surface area contributed by atoms with Gasteiger partial charge >= 0.3 is 5.69 Å². The fraction of sp³-hybridized carbons (Fsp3) is 0. The number of fused-ring (bicyclic) bond motifs is 1. The molecule has 0 saturated carbocycles. The molecule has 0 radical (unpaired) electrons. The molecule has 6 heteroatoms. The van der Waals surface area contributed by atoms with Gasteiger partial charge in [0, 0.05) is 16.1 Å². The van der Waals surface area contributed by atoms with Crippen LogP contribution in [0.3, 0.4) is 0 Å². The van der Waals surface area contributed by atoms with Gasteiger partial charge in [-0.1, -0.05) is 0 Å². The Morgan fingerprint density at radius 3 is 2.86 bits per heavy atom. The third-order valence-electron chi connectivity index (χ3n) is 1.88. The van der Waals surface area contributed by atoms with Crippen molar-refractivity contribution in [1.82, 2.24) is 0 Å². The van der Waals surface area contributed by atoms with Crippen LogP contribution >= 0.6 is 11.3 Å². The summed E-state index contributed by atoms with van der Waals surface area (Å²) in [6.07, 6.45) is 0. The lowest BCUT2D eigenvalue weighted by Gasteiger charge is -1.96. The van der Waals surface area contributed by atoms with Crippen molar-refractivity contribution in [3.8, 4) is 0 Å². The molecule has 0 amide bonds. The maximum atomic E-state index is 13.5. The largest absolute Gasteiger partial charge is 0.397 e. The Labute approximate surface area is 81.9 Å².